The van der Waals surface area contributed by atoms with Crippen LogP contribution < -0.4 is 5.32 Å². The van der Waals surface area contributed by atoms with Gasteiger partial charge in [0.25, 0.3) is 0 Å². The van der Waals surface area contributed by atoms with Crippen molar-refractivity contribution in [3.8, 4) is 0 Å². The normalized spacial score (nSPS) is 34.7. The second-order valence-corrected chi connectivity index (χ2v) is 4.40. The van der Waals surface area contributed by atoms with E-state index in [-0.39, 0.29) is 18.1 Å². The van der Waals surface area contributed by atoms with Gasteiger partial charge in [0, 0.05) is 19.1 Å². The minimum Gasteiger partial charge on any atom is -0.392 e. The van der Waals surface area contributed by atoms with Crippen LogP contribution in [-0.2, 0) is 4.74 Å². The Morgan fingerprint density at radius 3 is 3.06 bits per heavy atom. The SMILES string of the molecule is O[C@H]1CN[C@H](c2nc(C3CCOC3)no2)C1. The summed E-state index contributed by atoms with van der Waals surface area (Å²) < 4.78 is 10.5. The van der Waals surface area contributed by atoms with Crippen LogP contribution in [0.1, 0.15) is 36.5 Å². The van der Waals surface area contributed by atoms with Gasteiger partial charge in [0.05, 0.1) is 18.8 Å². The third-order valence-corrected chi connectivity index (χ3v) is 3.16. The molecule has 3 heterocycles. The fourth-order valence-electron chi connectivity index (χ4n) is 2.20. The summed E-state index contributed by atoms with van der Waals surface area (Å²) in [4.78, 5) is 4.38. The van der Waals surface area contributed by atoms with Crippen LogP contribution in [0.15, 0.2) is 4.52 Å². The number of hydrogen-bond acceptors (Lipinski definition) is 6. The molecule has 2 aliphatic heterocycles. The van der Waals surface area contributed by atoms with E-state index in [1.165, 1.54) is 0 Å². The minimum absolute atomic E-state index is 0.00132. The first kappa shape index (κ1) is 10.2. The number of aliphatic hydroxyl groups is 1. The lowest BCUT2D eigenvalue weighted by atomic mass is 10.1. The van der Waals surface area contributed by atoms with E-state index in [2.05, 4.69) is 15.5 Å². The highest BCUT2D eigenvalue weighted by Crippen LogP contribution is 2.26. The molecule has 2 saturated heterocycles. The Morgan fingerprint density at radius 2 is 2.38 bits per heavy atom. The fraction of sp³-hybridized carbons (Fsp3) is 0.800. The number of β-amino-alcohol motifs (C(OH)–C–C–N with tert-alkyl or cyclic N) is 1. The van der Waals surface area contributed by atoms with Gasteiger partial charge in [-0.2, -0.15) is 4.98 Å². The van der Waals surface area contributed by atoms with Gasteiger partial charge in [-0.3, -0.25) is 0 Å². The van der Waals surface area contributed by atoms with Crippen LogP contribution in [0.2, 0.25) is 0 Å². The molecule has 2 N–H and O–H groups in total. The van der Waals surface area contributed by atoms with Crippen molar-refractivity contribution >= 4 is 0 Å². The molecule has 3 rings (SSSR count). The van der Waals surface area contributed by atoms with Crippen molar-refractivity contribution in [1.82, 2.24) is 15.5 Å². The number of ether oxygens (including phenoxy) is 1. The molecule has 16 heavy (non-hydrogen) atoms. The van der Waals surface area contributed by atoms with Gasteiger partial charge in [-0.15, -0.1) is 0 Å². The summed E-state index contributed by atoms with van der Waals surface area (Å²) in [6.07, 6.45) is 1.29. The molecule has 0 radical (unpaired) electrons. The maximum atomic E-state index is 9.41. The summed E-state index contributed by atoms with van der Waals surface area (Å²) in [7, 11) is 0. The van der Waals surface area contributed by atoms with E-state index in [1.807, 2.05) is 0 Å². The highest BCUT2D eigenvalue weighted by Gasteiger charge is 2.30. The zero-order valence-electron chi connectivity index (χ0n) is 8.93. The summed E-state index contributed by atoms with van der Waals surface area (Å²) in [6.45, 7) is 2.05. The van der Waals surface area contributed by atoms with Gasteiger partial charge in [0.1, 0.15) is 0 Å². The van der Waals surface area contributed by atoms with Crippen LogP contribution >= 0.6 is 0 Å². The summed E-state index contributed by atoms with van der Waals surface area (Å²) in [6, 6.07) is -0.00132. The van der Waals surface area contributed by atoms with Crippen molar-refractivity contribution in [1.29, 1.82) is 0 Å². The number of nitrogens with zero attached hydrogens (tertiary/aromatic N) is 2. The Balaban J connectivity index is 1.72. The van der Waals surface area contributed by atoms with Gasteiger partial charge in [-0.05, 0) is 12.8 Å². The fourth-order valence-corrected chi connectivity index (χ4v) is 2.20. The van der Waals surface area contributed by atoms with Crippen LogP contribution in [0.3, 0.4) is 0 Å². The predicted molar refractivity (Wildman–Crippen MR) is 53.8 cm³/mol. The maximum absolute atomic E-state index is 9.41. The van der Waals surface area contributed by atoms with E-state index in [9.17, 15) is 5.11 Å². The first-order valence-corrected chi connectivity index (χ1v) is 5.65. The molecule has 0 saturated carbocycles. The number of hydrogen-bond donors (Lipinski definition) is 2. The topological polar surface area (TPSA) is 80.4 Å². The molecule has 6 nitrogen and oxygen atoms in total. The lowest BCUT2D eigenvalue weighted by Crippen LogP contribution is -2.15. The lowest BCUT2D eigenvalue weighted by molar-refractivity contribution is 0.190. The average molecular weight is 225 g/mol. The van der Waals surface area contributed by atoms with E-state index >= 15 is 0 Å². The molecule has 0 aliphatic carbocycles. The van der Waals surface area contributed by atoms with Crippen LogP contribution in [0.25, 0.3) is 0 Å². The summed E-state index contributed by atoms with van der Waals surface area (Å²) in [5.41, 5.74) is 0. The standard InChI is InChI=1S/C10H15N3O3/c14-7-3-8(11-4-7)10-12-9(13-16-10)6-1-2-15-5-6/h6-8,11,14H,1-5H2/t6?,7-,8+/m1/s1. The molecule has 1 unspecified atom stereocenters. The first-order chi connectivity index (χ1) is 7.83. The van der Waals surface area contributed by atoms with Gasteiger partial charge >= 0.3 is 0 Å². The molecular weight excluding hydrogens is 210 g/mol. The average Bonchev–Trinajstić information content (AvgIpc) is 2.97. The van der Waals surface area contributed by atoms with E-state index in [0.29, 0.717) is 25.5 Å². The van der Waals surface area contributed by atoms with E-state index < -0.39 is 0 Å². The number of aliphatic hydroxyl groups excluding tert-OH is 1. The molecular formula is C10H15N3O3. The molecule has 88 valence electrons. The van der Waals surface area contributed by atoms with E-state index in [4.69, 9.17) is 9.26 Å². The zero-order chi connectivity index (χ0) is 11.0. The van der Waals surface area contributed by atoms with E-state index in [0.717, 1.165) is 18.9 Å². The molecule has 2 aliphatic rings. The Bertz CT molecular complexity index is 362. The Morgan fingerprint density at radius 1 is 1.44 bits per heavy atom. The highest BCUT2D eigenvalue weighted by molar-refractivity contribution is 5.02. The van der Waals surface area contributed by atoms with Crippen molar-refractivity contribution < 1.29 is 14.4 Å². The van der Waals surface area contributed by atoms with Crippen LogP contribution in [0.5, 0.6) is 0 Å². The molecule has 6 heteroatoms. The minimum atomic E-state index is -0.310. The van der Waals surface area contributed by atoms with Crippen molar-refractivity contribution in [3.05, 3.63) is 11.7 Å². The summed E-state index contributed by atoms with van der Waals surface area (Å²) in [5, 5.41) is 16.5. The Labute approximate surface area is 93.0 Å². The quantitative estimate of drug-likeness (QED) is 0.735. The van der Waals surface area contributed by atoms with Crippen LogP contribution in [0, 0.1) is 0 Å². The number of aromatic nitrogens is 2. The Hall–Kier alpha value is -0.980. The van der Waals surface area contributed by atoms with Gasteiger partial charge in [0.15, 0.2) is 5.82 Å². The lowest BCUT2D eigenvalue weighted by Gasteiger charge is -2.02. The smallest absolute Gasteiger partial charge is 0.243 e. The molecule has 1 aromatic heterocycles. The van der Waals surface area contributed by atoms with Gasteiger partial charge in [-0.1, -0.05) is 5.16 Å². The van der Waals surface area contributed by atoms with Crippen molar-refractivity contribution in [3.63, 3.8) is 0 Å². The second-order valence-electron chi connectivity index (χ2n) is 4.40. The third-order valence-electron chi connectivity index (χ3n) is 3.16. The highest BCUT2D eigenvalue weighted by atomic mass is 16.5. The van der Waals surface area contributed by atoms with Crippen molar-refractivity contribution in [2.75, 3.05) is 19.8 Å². The third kappa shape index (κ3) is 1.83. The van der Waals surface area contributed by atoms with Crippen LogP contribution in [0.4, 0.5) is 0 Å². The van der Waals surface area contributed by atoms with Gasteiger partial charge < -0.3 is 19.7 Å². The predicted octanol–water partition coefficient (Wildman–Crippen LogP) is -0.0312. The summed E-state index contributed by atoms with van der Waals surface area (Å²) >= 11 is 0. The molecule has 0 amide bonds. The first-order valence-electron chi connectivity index (χ1n) is 5.65. The summed E-state index contributed by atoms with van der Waals surface area (Å²) in [5.74, 6) is 1.58. The molecule has 2 fully saturated rings. The molecule has 1 aromatic rings. The van der Waals surface area contributed by atoms with Gasteiger partial charge in [-0.25, -0.2) is 0 Å². The van der Waals surface area contributed by atoms with Crippen LogP contribution in [-0.4, -0.2) is 41.1 Å². The maximum Gasteiger partial charge on any atom is 0.243 e. The molecule has 0 spiro atoms. The zero-order valence-corrected chi connectivity index (χ0v) is 8.93. The number of nitrogens with one attached hydrogen (secondary N) is 1. The molecule has 0 aromatic carbocycles. The van der Waals surface area contributed by atoms with Crippen molar-refractivity contribution in [2.24, 2.45) is 0 Å². The molecule has 0 bridgehead atoms. The monoisotopic (exact) mass is 225 g/mol. The second kappa shape index (κ2) is 4.12. The molecule has 3 atom stereocenters. The number of rotatable bonds is 2. The van der Waals surface area contributed by atoms with Crippen molar-refractivity contribution in [2.45, 2.75) is 30.9 Å². The van der Waals surface area contributed by atoms with Gasteiger partial charge in [0.2, 0.25) is 5.89 Å². The Kier molecular flexibility index (Phi) is 2.62. The largest absolute Gasteiger partial charge is 0.392 e. The van der Waals surface area contributed by atoms with E-state index in [1.54, 1.807) is 0 Å².